The molecule has 0 aliphatic heterocycles. The Balaban J connectivity index is 2.62. The summed E-state index contributed by atoms with van der Waals surface area (Å²) < 4.78 is 57.8. The molecule has 25 heavy (non-hydrogen) atoms. The number of halogens is 4. The summed E-state index contributed by atoms with van der Waals surface area (Å²) in [6.07, 6.45) is -2.23. The SMILES string of the molecule is C=CCc1cc(F)ccc1Nc1c(C(=O)OC)ccnc1C(F)(F)F. The Hall–Kier alpha value is -2.90. The van der Waals surface area contributed by atoms with Crippen LogP contribution in [-0.2, 0) is 17.3 Å². The van der Waals surface area contributed by atoms with Crippen LogP contribution in [-0.4, -0.2) is 18.1 Å². The number of nitrogens with one attached hydrogen (secondary N) is 1. The molecule has 132 valence electrons. The Kier molecular flexibility index (Phi) is 5.41. The van der Waals surface area contributed by atoms with Crippen LogP contribution in [0.5, 0.6) is 0 Å². The van der Waals surface area contributed by atoms with E-state index in [2.05, 4.69) is 21.6 Å². The van der Waals surface area contributed by atoms with Gasteiger partial charge in [-0.1, -0.05) is 6.08 Å². The first-order valence-electron chi connectivity index (χ1n) is 7.08. The van der Waals surface area contributed by atoms with Crippen LogP contribution in [0.3, 0.4) is 0 Å². The number of nitrogens with zero attached hydrogens (tertiary/aromatic N) is 1. The number of ether oxygens (including phenoxy) is 1. The number of aromatic nitrogens is 1. The Morgan fingerprint density at radius 1 is 1.36 bits per heavy atom. The van der Waals surface area contributed by atoms with E-state index in [1.54, 1.807) is 0 Å². The molecule has 4 nitrogen and oxygen atoms in total. The van der Waals surface area contributed by atoms with Crippen molar-refractivity contribution < 1.29 is 27.1 Å². The number of methoxy groups -OCH3 is 1. The third-order valence-corrected chi connectivity index (χ3v) is 3.32. The lowest BCUT2D eigenvalue weighted by molar-refractivity contribution is -0.140. The summed E-state index contributed by atoms with van der Waals surface area (Å²) in [5, 5.41) is 2.55. The van der Waals surface area contributed by atoms with Crippen molar-refractivity contribution in [1.29, 1.82) is 0 Å². The minimum absolute atomic E-state index is 0.199. The molecule has 0 aliphatic carbocycles. The quantitative estimate of drug-likeness (QED) is 0.488. The lowest BCUT2D eigenvalue weighted by atomic mass is 10.1. The number of alkyl halides is 3. The van der Waals surface area contributed by atoms with Gasteiger partial charge in [-0.2, -0.15) is 13.2 Å². The fourth-order valence-electron chi connectivity index (χ4n) is 2.23. The second-order valence-corrected chi connectivity index (χ2v) is 4.99. The molecule has 0 fully saturated rings. The molecular formula is C17H14F4N2O2. The molecule has 8 heteroatoms. The van der Waals surface area contributed by atoms with Gasteiger partial charge in [0.1, 0.15) is 5.82 Å². The van der Waals surface area contributed by atoms with Crippen molar-refractivity contribution >= 4 is 17.3 Å². The Morgan fingerprint density at radius 3 is 2.68 bits per heavy atom. The van der Waals surface area contributed by atoms with E-state index >= 15 is 0 Å². The molecular weight excluding hydrogens is 340 g/mol. The molecule has 0 saturated heterocycles. The zero-order valence-corrected chi connectivity index (χ0v) is 13.2. The monoisotopic (exact) mass is 354 g/mol. The van der Waals surface area contributed by atoms with Gasteiger partial charge < -0.3 is 10.1 Å². The van der Waals surface area contributed by atoms with Gasteiger partial charge in [-0.15, -0.1) is 6.58 Å². The van der Waals surface area contributed by atoms with Gasteiger partial charge in [-0.25, -0.2) is 14.2 Å². The number of esters is 1. The van der Waals surface area contributed by atoms with Crippen LogP contribution >= 0.6 is 0 Å². The van der Waals surface area contributed by atoms with E-state index < -0.39 is 29.3 Å². The smallest absolute Gasteiger partial charge is 0.435 e. The van der Waals surface area contributed by atoms with Crippen LogP contribution in [0, 0.1) is 5.82 Å². The number of carbonyl (C=O) groups excluding carboxylic acids is 1. The van der Waals surface area contributed by atoms with Gasteiger partial charge in [0.05, 0.1) is 18.4 Å². The van der Waals surface area contributed by atoms with Crippen molar-refractivity contribution in [3.63, 3.8) is 0 Å². The largest absolute Gasteiger partial charge is 0.465 e. The Morgan fingerprint density at radius 2 is 2.08 bits per heavy atom. The van der Waals surface area contributed by atoms with Gasteiger partial charge in [-0.05, 0) is 36.2 Å². The van der Waals surface area contributed by atoms with E-state index in [1.165, 1.54) is 18.2 Å². The maximum absolute atomic E-state index is 13.4. The van der Waals surface area contributed by atoms with E-state index in [1.807, 2.05) is 0 Å². The van der Waals surface area contributed by atoms with E-state index in [4.69, 9.17) is 0 Å². The number of carbonyl (C=O) groups is 1. The van der Waals surface area contributed by atoms with Crippen molar-refractivity contribution in [3.8, 4) is 0 Å². The van der Waals surface area contributed by atoms with Gasteiger partial charge in [0, 0.05) is 11.9 Å². The van der Waals surface area contributed by atoms with Gasteiger partial charge in [-0.3, -0.25) is 0 Å². The fourth-order valence-corrected chi connectivity index (χ4v) is 2.23. The molecule has 2 rings (SSSR count). The van der Waals surface area contributed by atoms with Crippen LogP contribution < -0.4 is 5.32 Å². The van der Waals surface area contributed by atoms with Crippen molar-refractivity contribution in [2.45, 2.75) is 12.6 Å². The van der Waals surface area contributed by atoms with Crippen LogP contribution in [0.15, 0.2) is 43.1 Å². The molecule has 0 radical (unpaired) electrons. The molecule has 1 heterocycles. The van der Waals surface area contributed by atoms with Crippen molar-refractivity contribution in [2.24, 2.45) is 0 Å². The maximum atomic E-state index is 13.4. The number of benzene rings is 1. The molecule has 0 atom stereocenters. The third-order valence-electron chi connectivity index (χ3n) is 3.32. The minimum atomic E-state index is -4.80. The van der Waals surface area contributed by atoms with Crippen molar-refractivity contribution in [3.05, 3.63) is 65.8 Å². The van der Waals surface area contributed by atoms with Crippen LogP contribution in [0.2, 0.25) is 0 Å². The summed E-state index contributed by atoms with van der Waals surface area (Å²) in [5.74, 6) is -1.50. The minimum Gasteiger partial charge on any atom is -0.465 e. The molecule has 0 amide bonds. The number of allylic oxidation sites excluding steroid dienone is 1. The predicted molar refractivity (Wildman–Crippen MR) is 84.2 cm³/mol. The van der Waals surface area contributed by atoms with Gasteiger partial charge >= 0.3 is 12.1 Å². The maximum Gasteiger partial charge on any atom is 0.435 e. The average molecular weight is 354 g/mol. The third kappa shape index (κ3) is 4.14. The summed E-state index contributed by atoms with van der Waals surface area (Å²) in [6.45, 7) is 3.53. The zero-order chi connectivity index (χ0) is 18.6. The number of rotatable bonds is 5. The van der Waals surface area contributed by atoms with E-state index in [0.717, 1.165) is 25.4 Å². The first kappa shape index (κ1) is 18.4. The summed E-state index contributed by atoms with van der Waals surface area (Å²) in [5.41, 5.74) is -1.59. The van der Waals surface area contributed by atoms with Crippen molar-refractivity contribution in [2.75, 3.05) is 12.4 Å². The highest BCUT2D eigenvalue weighted by atomic mass is 19.4. The van der Waals surface area contributed by atoms with Crippen LogP contribution in [0.4, 0.5) is 28.9 Å². The summed E-state index contributed by atoms with van der Waals surface area (Å²) in [4.78, 5) is 15.2. The second-order valence-electron chi connectivity index (χ2n) is 4.99. The predicted octanol–water partition coefficient (Wildman–Crippen LogP) is 4.50. The Labute approximate surface area is 141 Å². The van der Waals surface area contributed by atoms with Gasteiger partial charge in [0.15, 0.2) is 5.69 Å². The summed E-state index contributed by atoms with van der Waals surface area (Å²) in [6, 6.07) is 4.66. The number of hydrogen-bond acceptors (Lipinski definition) is 4. The lowest BCUT2D eigenvalue weighted by Crippen LogP contribution is -2.16. The molecule has 1 N–H and O–H groups in total. The molecule has 0 spiro atoms. The highest BCUT2D eigenvalue weighted by molar-refractivity contribution is 5.97. The number of hydrogen-bond donors (Lipinski definition) is 1. The van der Waals surface area contributed by atoms with Gasteiger partial charge in [0.25, 0.3) is 0 Å². The number of pyridine rings is 1. The van der Waals surface area contributed by atoms with Crippen molar-refractivity contribution in [1.82, 2.24) is 4.98 Å². The first-order chi connectivity index (χ1) is 11.8. The molecule has 0 unspecified atom stereocenters. The normalized spacial score (nSPS) is 11.1. The van der Waals surface area contributed by atoms with Gasteiger partial charge in [0.2, 0.25) is 0 Å². The highest BCUT2D eigenvalue weighted by Crippen LogP contribution is 2.37. The molecule has 2 aromatic rings. The Bertz CT molecular complexity index is 804. The zero-order valence-electron chi connectivity index (χ0n) is 13.2. The molecule has 1 aromatic carbocycles. The van der Waals surface area contributed by atoms with E-state index in [-0.39, 0.29) is 17.7 Å². The lowest BCUT2D eigenvalue weighted by Gasteiger charge is -2.18. The fraction of sp³-hybridized carbons (Fsp3) is 0.176. The van der Waals surface area contributed by atoms with E-state index in [9.17, 15) is 22.4 Å². The highest BCUT2D eigenvalue weighted by Gasteiger charge is 2.37. The summed E-state index contributed by atoms with van der Waals surface area (Å²) in [7, 11) is 1.06. The van der Waals surface area contributed by atoms with E-state index in [0.29, 0.717) is 5.56 Å². The molecule has 0 saturated carbocycles. The number of anilines is 2. The average Bonchev–Trinajstić information content (AvgIpc) is 2.56. The van der Waals surface area contributed by atoms with Crippen LogP contribution in [0.1, 0.15) is 21.6 Å². The first-order valence-corrected chi connectivity index (χ1v) is 7.08. The molecule has 0 aliphatic rings. The molecule has 0 bridgehead atoms. The topological polar surface area (TPSA) is 51.2 Å². The van der Waals surface area contributed by atoms with Crippen LogP contribution in [0.25, 0.3) is 0 Å². The summed E-state index contributed by atoms with van der Waals surface area (Å²) >= 11 is 0. The standard InChI is InChI=1S/C17H14F4N2O2/c1-3-4-10-9-11(18)5-6-13(10)23-14-12(16(24)25-2)7-8-22-15(14)17(19,20)21/h3,5-9,23H,1,4H2,2H3. The second kappa shape index (κ2) is 7.33. The molecule has 1 aromatic heterocycles.